The van der Waals surface area contributed by atoms with Crippen LogP contribution in [0.15, 0.2) is 83.7 Å². The molecule has 5 nitrogen and oxygen atoms in total. The number of nitrogens with one attached hydrogen (secondary N) is 1. The summed E-state index contributed by atoms with van der Waals surface area (Å²) in [6.45, 7) is 4.11. The molecule has 0 aliphatic rings. The van der Waals surface area contributed by atoms with Crippen LogP contribution in [0, 0.1) is 5.92 Å². The summed E-state index contributed by atoms with van der Waals surface area (Å²) < 4.78 is 1.30. The van der Waals surface area contributed by atoms with Crippen molar-refractivity contribution in [1.29, 1.82) is 0 Å². The van der Waals surface area contributed by atoms with Crippen LogP contribution in [0.25, 0.3) is 22.0 Å². The summed E-state index contributed by atoms with van der Waals surface area (Å²) in [7, 11) is 0. The summed E-state index contributed by atoms with van der Waals surface area (Å²) in [5.74, 6) is 0.468. The largest absolute Gasteiger partial charge is 0.280 e. The molecule has 0 radical (unpaired) electrons. The second-order valence-corrected chi connectivity index (χ2v) is 7.64. The van der Waals surface area contributed by atoms with Gasteiger partial charge in [-0.1, -0.05) is 74.5 Å². The van der Waals surface area contributed by atoms with Crippen LogP contribution in [0.1, 0.15) is 30.0 Å². The number of benzene rings is 3. The second-order valence-electron chi connectivity index (χ2n) is 7.64. The molecule has 0 saturated heterocycles. The molecule has 4 aromatic rings. The zero-order chi connectivity index (χ0) is 21.1. The molecule has 150 valence electrons. The van der Waals surface area contributed by atoms with E-state index in [9.17, 15) is 9.59 Å². The molecule has 1 heterocycles. The predicted octanol–water partition coefficient (Wildman–Crippen LogP) is 4.65. The molecule has 5 heteroatoms. The second kappa shape index (κ2) is 8.33. The van der Waals surface area contributed by atoms with E-state index in [1.807, 2.05) is 60.7 Å². The molecule has 30 heavy (non-hydrogen) atoms. The van der Waals surface area contributed by atoms with Gasteiger partial charge in [-0.25, -0.2) is 9.66 Å². The summed E-state index contributed by atoms with van der Waals surface area (Å²) in [5, 5.41) is 0.474. The monoisotopic (exact) mass is 397 g/mol. The normalized spacial score (nSPS) is 11.0. The standard InChI is InChI=1S/C25H23N3O2/c1-17(2)16-23-26-22-15-9-8-14-21(22)25(30)28(23)27-24(29)20-13-7-6-12-19(20)18-10-4-3-5-11-18/h3-15,17H,16H2,1-2H3,(H,27,29). The summed E-state index contributed by atoms with van der Waals surface area (Å²) >= 11 is 0. The zero-order valence-corrected chi connectivity index (χ0v) is 17.0. The Kier molecular flexibility index (Phi) is 5.44. The lowest BCUT2D eigenvalue weighted by Crippen LogP contribution is -2.37. The van der Waals surface area contributed by atoms with Crippen molar-refractivity contribution in [1.82, 2.24) is 9.66 Å². The minimum absolute atomic E-state index is 0.276. The third-order valence-corrected chi connectivity index (χ3v) is 4.91. The van der Waals surface area contributed by atoms with Crippen molar-refractivity contribution < 1.29 is 4.79 Å². The van der Waals surface area contributed by atoms with E-state index in [-0.39, 0.29) is 17.4 Å². The molecule has 1 amide bonds. The number of amides is 1. The first-order chi connectivity index (χ1) is 14.5. The van der Waals surface area contributed by atoms with Crippen molar-refractivity contribution in [3.8, 4) is 11.1 Å². The Bertz CT molecular complexity index is 1260. The fraction of sp³-hybridized carbons (Fsp3) is 0.160. The first kappa shape index (κ1) is 19.6. The SMILES string of the molecule is CC(C)Cc1nc2ccccc2c(=O)n1NC(=O)c1ccccc1-c1ccccc1. The molecule has 0 unspecified atom stereocenters. The Morgan fingerprint density at radius 2 is 1.60 bits per heavy atom. The zero-order valence-electron chi connectivity index (χ0n) is 17.0. The van der Waals surface area contributed by atoms with Crippen molar-refractivity contribution in [3.05, 3.63) is 101 Å². The van der Waals surface area contributed by atoms with Crippen LogP contribution in [0.4, 0.5) is 0 Å². The number of hydrogen-bond donors (Lipinski definition) is 1. The number of nitrogens with zero attached hydrogens (tertiary/aromatic N) is 2. The molecule has 0 bridgehead atoms. The van der Waals surface area contributed by atoms with Gasteiger partial charge >= 0.3 is 0 Å². The van der Waals surface area contributed by atoms with Crippen LogP contribution < -0.4 is 11.0 Å². The van der Waals surface area contributed by atoms with E-state index in [0.29, 0.717) is 28.7 Å². The van der Waals surface area contributed by atoms with Crippen LogP contribution in [0.5, 0.6) is 0 Å². The number of hydrogen-bond acceptors (Lipinski definition) is 3. The Morgan fingerprint density at radius 1 is 0.933 bits per heavy atom. The van der Waals surface area contributed by atoms with Gasteiger partial charge in [-0.05, 0) is 35.2 Å². The first-order valence-electron chi connectivity index (χ1n) is 10.0. The summed E-state index contributed by atoms with van der Waals surface area (Å²) in [6.07, 6.45) is 0.570. The van der Waals surface area contributed by atoms with Crippen molar-refractivity contribution in [2.45, 2.75) is 20.3 Å². The first-order valence-corrected chi connectivity index (χ1v) is 10.0. The highest BCUT2D eigenvalue weighted by molar-refractivity contribution is 6.05. The fourth-order valence-electron chi connectivity index (χ4n) is 3.51. The third-order valence-electron chi connectivity index (χ3n) is 4.91. The maximum atomic E-state index is 13.2. The summed E-state index contributed by atoms with van der Waals surface area (Å²) in [5.41, 5.74) is 5.41. The van der Waals surface area contributed by atoms with Gasteiger partial charge in [0.15, 0.2) is 0 Å². The van der Waals surface area contributed by atoms with Crippen molar-refractivity contribution in [2.24, 2.45) is 5.92 Å². The van der Waals surface area contributed by atoms with Gasteiger partial charge in [0.05, 0.1) is 10.9 Å². The highest BCUT2D eigenvalue weighted by Gasteiger charge is 2.17. The van der Waals surface area contributed by atoms with E-state index in [0.717, 1.165) is 11.1 Å². The molecule has 1 N–H and O–H groups in total. The van der Waals surface area contributed by atoms with Gasteiger partial charge in [0, 0.05) is 12.0 Å². The molecule has 0 aliphatic carbocycles. The van der Waals surface area contributed by atoms with Gasteiger partial charge in [-0.3, -0.25) is 15.0 Å². The highest BCUT2D eigenvalue weighted by Crippen LogP contribution is 2.23. The Labute approximate surface area is 175 Å². The lowest BCUT2D eigenvalue weighted by Gasteiger charge is -2.17. The third kappa shape index (κ3) is 3.87. The van der Waals surface area contributed by atoms with Crippen LogP contribution in [0.2, 0.25) is 0 Å². The van der Waals surface area contributed by atoms with Crippen molar-refractivity contribution >= 4 is 16.8 Å². The van der Waals surface area contributed by atoms with Crippen LogP contribution >= 0.6 is 0 Å². The Balaban J connectivity index is 1.79. The topological polar surface area (TPSA) is 64.0 Å². The fourth-order valence-corrected chi connectivity index (χ4v) is 3.51. The summed E-state index contributed by atoms with van der Waals surface area (Å²) in [6, 6.07) is 24.3. The minimum Gasteiger partial charge on any atom is -0.267 e. The number of para-hydroxylation sites is 1. The lowest BCUT2D eigenvalue weighted by molar-refractivity contribution is 0.101. The molecule has 0 saturated carbocycles. The Morgan fingerprint density at radius 3 is 2.37 bits per heavy atom. The number of carbonyl (C=O) groups excluding carboxylic acids is 1. The van der Waals surface area contributed by atoms with Gasteiger partial charge in [0.25, 0.3) is 11.5 Å². The van der Waals surface area contributed by atoms with Crippen molar-refractivity contribution in [3.63, 3.8) is 0 Å². The van der Waals surface area contributed by atoms with Gasteiger partial charge in [0.1, 0.15) is 5.82 Å². The number of rotatable bonds is 5. The lowest BCUT2D eigenvalue weighted by atomic mass is 9.99. The highest BCUT2D eigenvalue weighted by atomic mass is 16.2. The molecular formula is C25H23N3O2. The van der Waals surface area contributed by atoms with E-state index in [2.05, 4.69) is 24.3 Å². The van der Waals surface area contributed by atoms with Crippen LogP contribution in [-0.2, 0) is 6.42 Å². The number of fused-ring (bicyclic) bond motifs is 1. The number of aromatic nitrogens is 2. The van der Waals surface area contributed by atoms with E-state index in [1.165, 1.54) is 4.68 Å². The minimum atomic E-state index is -0.348. The van der Waals surface area contributed by atoms with Gasteiger partial charge < -0.3 is 0 Å². The van der Waals surface area contributed by atoms with E-state index in [1.54, 1.807) is 18.2 Å². The average Bonchev–Trinajstić information content (AvgIpc) is 2.76. The molecule has 1 aromatic heterocycles. The van der Waals surface area contributed by atoms with Gasteiger partial charge in [0.2, 0.25) is 0 Å². The van der Waals surface area contributed by atoms with Gasteiger partial charge in [-0.2, -0.15) is 0 Å². The van der Waals surface area contributed by atoms with E-state index >= 15 is 0 Å². The average molecular weight is 397 g/mol. The quantitative estimate of drug-likeness (QED) is 0.533. The smallest absolute Gasteiger partial charge is 0.267 e. The van der Waals surface area contributed by atoms with Crippen LogP contribution in [-0.4, -0.2) is 15.6 Å². The molecule has 0 atom stereocenters. The predicted molar refractivity (Wildman–Crippen MR) is 120 cm³/mol. The van der Waals surface area contributed by atoms with Crippen LogP contribution in [0.3, 0.4) is 0 Å². The molecule has 4 rings (SSSR count). The van der Waals surface area contributed by atoms with E-state index in [4.69, 9.17) is 0 Å². The summed E-state index contributed by atoms with van der Waals surface area (Å²) in [4.78, 5) is 31.0. The molecule has 3 aromatic carbocycles. The Hall–Kier alpha value is -3.73. The molecule has 0 aliphatic heterocycles. The molecule has 0 spiro atoms. The number of carbonyl (C=O) groups is 1. The van der Waals surface area contributed by atoms with E-state index < -0.39 is 0 Å². The van der Waals surface area contributed by atoms with Gasteiger partial charge in [-0.15, -0.1) is 0 Å². The maximum Gasteiger partial charge on any atom is 0.280 e. The van der Waals surface area contributed by atoms with Crippen molar-refractivity contribution in [2.75, 3.05) is 5.43 Å². The molecule has 0 fully saturated rings. The molecular weight excluding hydrogens is 374 g/mol. The maximum absolute atomic E-state index is 13.2.